The van der Waals surface area contributed by atoms with E-state index in [1.807, 2.05) is 0 Å². The monoisotopic (exact) mass is 120 g/mol. The Labute approximate surface area is 48.5 Å². The summed E-state index contributed by atoms with van der Waals surface area (Å²) in [6.45, 7) is 5.82. The predicted octanol–water partition coefficient (Wildman–Crippen LogP) is 2.98. The molecule has 0 N–H and O–H groups in total. The standard InChI is InChI=1S/2C3H5F/c1-3(2)4;1-2-3-4/h1H2,2H3;2-3H,1H3. The van der Waals surface area contributed by atoms with Crippen LogP contribution >= 0.6 is 0 Å². The van der Waals surface area contributed by atoms with Crippen LogP contribution in [0.2, 0.25) is 0 Å². The van der Waals surface area contributed by atoms with Crippen LogP contribution in [-0.2, 0) is 0 Å². The lowest BCUT2D eigenvalue weighted by molar-refractivity contribution is 0.645. The fourth-order valence-corrected chi connectivity index (χ4v) is 0. The average molecular weight is 120 g/mol. The number of halogens is 2. The Morgan fingerprint density at radius 2 is 1.75 bits per heavy atom. The van der Waals surface area contributed by atoms with Crippen molar-refractivity contribution in [2.75, 3.05) is 0 Å². The van der Waals surface area contributed by atoms with Crippen molar-refractivity contribution in [3.8, 4) is 0 Å². The van der Waals surface area contributed by atoms with Crippen molar-refractivity contribution < 1.29 is 8.78 Å². The summed E-state index contributed by atoms with van der Waals surface area (Å²) in [6.07, 6.45) is 1.83. The first-order valence-corrected chi connectivity index (χ1v) is 2.17. The van der Waals surface area contributed by atoms with Gasteiger partial charge in [-0.3, -0.25) is 0 Å². The predicted molar refractivity (Wildman–Crippen MR) is 31.8 cm³/mol. The van der Waals surface area contributed by atoms with Gasteiger partial charge in [0, 0.05) is 0 Å². The highest BCUT2D eigenvalue weighted by Crippen LogP contribution is 1.80. The van der Waals surface area contributed by atoms with Gasteiger partial charge in [0.2, 0.25) is 0 Å². The van der Waals surface area contributed by atoms with Crippen molar-refractivity contribution in [3.63, 3.8) is 0 Å². The van der Waals surface area contributed by atoms with E-state index < -0.39 is 0 Å². The van der Waals surface area contributed by atoms with Crippen LogP contribution in [0, 0.1) is 0 Å². The first kappa shape index (κ1) is 10.3. The number of hydrogen-bond acceptors (Lipinski definition) is 0. The van der Waals surface area contributed by atoms with Crippen LogP contribution in [0.25, 0.3) is 0 Å². The van der Waals surface area contributed by atoms with E-state index in [4.69, 9.17) is 0 Å². The van der Waals surface area contributed by atoms with Gasteiger partial charge in [0.15, 0.2) is 0 Å². The Kier molecular flexibility index (Phi) is 12.4. The molecule has 0 saturated carbocycles. The molecule has 0 saturated heterocycles. The molecule has 48 valence electrons. The van der Waals surface area contributed by atoms with Crippen LogP contribution < -0.4 is 0 Å². The van der Waals surface area contributed by atoms with Gasteiger partial charge in [-0.2, -0.15) is 0 Å². The van der Waals surface area contributed by atoms with Crippen LogP contribution in [0.4, 0.5) is 8.78 Å². The topological polar surface area (TPSA) is 0 Å². The molecule has 8 heavy (non-hydrogen) atoms. The van der Waals surface area contributed by atoms with Gasteiger partial charge >= 0.3 is 0 Å². The smallest absolute Gasteiger partial charge is 0.0897 e. The Morgan fingerprint density at radius 1 is 1.62 bits per heavy atom. The second-order valence-electron chi connectivity index (χ2n) is 1.14. The van der Waals surface area contributed by atoms with Crippen LogP contribution in [0.15, 0.2) is 24.8 Å². The first-order valence-electron chi connectivity index (χ1n) is 2.17. The zero-order chi connectivity index (χ0) is 6.99. The maximum absolute atomic E-state index is 10.8. The summed E-state index contributed by atoms with van der Waals surface area (Å²) in [5.41, 5.74) is 0. The Hall–Kier alpha value is -0.660. The number of allylic oxidation sites excluding steroid dienone is 2. The number of hydrogen-bond donors (Lipinski definition) is 0. The van der Waals surface area contributed by atoms with Gasteiger partial charge in [-0.1, -0.05) is 12.7 Å². The molecule has 0 fully saturated rings. The Bertz CT molecular complexity index is 66.6. The van der Waals surface area contributed by atoms with Gasteiger partial charge in [-0.15, -0.1) is 0 Å². The molecule has 0 heterocycles. The highest BCUT2D eigenvalue weighted by Gasteiger charge is 1.58. The summed E-state index contributed by atoms with van der Waals surface area (Å²) in [5, 5.41) is 0. The van der Waals surface area contributed by atoms with E-state index in [1.54, 1.807) is 6.92 Å². The van der Waals surface area contributed by atoms with Crippen LogP contribution in [0.5, 0.6) is 0 Å². The molecule has 0 unspecified atom stereocenters. The second-order valence-corrected chi connectivity index (χ2v) is 1.14. The minimum atomic E-state index is -0.333. The summed E-state index contributed by atoms with van der Waals surface area (Å²) >= 11 is 0. The third-order valence-corrected chi connectivity index (χ3v) is 0.126. The molecular weight excluding hydrogens is 110 g/mol. The van der Waals surface area contributed by atoms with E-state index in [2.05, 4.69) is 6.58 Å². The molecule has 0 aromatic heterocycles. The molecule has 0 atom stereocenters. The Morgan fingerprint density at radius 3 is 1.75 bits per heavy atom. The van der Waals surface area contributed by atoms with E-state index in [9.17, 15) is 8.78 Å². The molecule has 0 aliphatic carbocycles. The summed E-state index contributed by atoms with van der Waals surface area (Å²) in [7, 11) is 0. The SMILES string of the molecule is C=C(C)F.CC=CF. The third kappa shape index (κ3) is 870. The second kappa shape index (κ2) is 9.60. The highest BCUT2D eigenvalue weighted by molar-refractivity contribution is 4.68. The largest absolute Gasteiger partial charge is 0.216 e. The zero-order valence-corrected chi connectivity index (χ0v) is 5.12. The number of rotatable bonds is 0. The molecular formula is C6H10F2. The van der Waals surface area contributed by atoms with Crippen molar-refractivity contribution in [2.24, 2.45) is 0 Å². The molecule has 0 radical (unpaired) electrons. The van der Waals surface area contributed by atoms with Gasteiger partial charge < -0.3 is 0 Å². The summed E-state index contributed by atoms with van der Waals surface area (Å²) in [5.74, 6) is -0.333. The normalized spacial score (nSPS) is 8.00. The lowest BCUT2D eigenvalue weighted by atomic mass is 10.7. The quantitative estimate of drug-likeness (QED) is 0.461. The van der Waals surface area contributed by atoms with E-state index in [-0.39, 0.29) is 5.83 Å². The fourth-order valence-electron chi connectivity index (χ4n) is 0. The Balaban J connectivity index is 0. The molecule has 0 aliphatic heterocycles. The fraction of sp³-hybridized carbons (Fsp3) is 0.333. The molecule has 0 nitrogen and oxygen atoms in total. The van der Waals surface area contributed by atoms with Crippen molar-refractivity contribution in [1.29, 1.82) is 0 Å². The van der Waals surface area contributed by atoms with Gasteiger partial charge in [0.25, 0.3) is 0 Å². The molecule has 0 amide bonds. The van der Waals surface area contributed by atoms with Crippen molar-refractivity contribution in [1.82, 2.24) is 0 Å². The summed E-state index contributed by atoms with van der Waals surface area (Å²) in [4.78, 5) is 0. The van der Waals surface area contributed by atoms with Crippen molar-refractivity contribution >= 4 is 0 Å². The van der Waals surface area contributed by atoms with Crippen LogP contribution in [0.1, 0.15) is 13.8 Å². The molecule has 0 bridgehead atoms. The molecule has 0 aliphatic rings. The van der Waals surface area contributed by atoms with E-state index >= 15 is 0 Å². The summed E-state index contributed by atoms with van der Waals surface area (Å²) < 4.78 is 21.3. The minimum absolute atomic E-state index is 0.333. The van der Waals surface area contributed by atoms with E-state index in [0.29, 0.717) is 6.33 Å². The highest BCUT2D eigenvalue weighted by atomic mass is 19.1. The van der Waals surface area contributed by atoms with Gasteiger partial charge in [0.05, 0.1) is 12.2 Å². The molecule has 0 aromatic carbocycles. The molecule has 0 spiro atoms. The maximum atomic E-state index is 10.8. The average Bonchev–Trinajstić information content (AvgIpc) is 1.65. The maximum Gasteiger partial charge on any atom is 0.0897 e. The summed E-state index contributed by atoms with van der Waals surface area (Å²) in [6, 6.07) is 0. The molecule has 2 heteroatoms. The van der Waals surface area contributed by atoms with Crippen molar-refractivity contribution in [2.45, 2.75) is 13.8 Å². The lowest BCUT2D eigenvalue weighted by Crippen LogP contribution is -1.38. The van der Waals surface area contributed by atoms with Gasteiger partial charge in [-0.05, 0) is 13.8 Å². The third-order valence-electron chi connectivity index (χ3n) is 0.126. The van der Waals surface area contributed by atoms with Gasteiger partial charge in [-0.25, -0.2) is 8.78 Å². The molecule has 0 aromatic rings. The van der Waals surface area contributed by atoms with E-state index in [1.165, 1.54) is 13.0 Å². The first-order chi connectivity index (χ1) is 3.65. The van der Waals surface area contributed by atoms with Crippen molar-refractivity contribution in [3.05, 3.63) is 24.8 Å². The van der Waals surface area contributed by atoms with Gasteiger partial charge in [0.1, 0.15) is 0 Å². The van der Waals surface area contributed by atoms with Crippen LogP contribution in [-0.4, -0.2) is 0 Å². The zero-order valence-electron chi connectivity index (χ0n) is 5.12. The molecule has 0 rings (SSSR count). The minimum Gasteiger partial charge on any atom is -0.216 e. The van der Waals surface area contributed by atoms with E-state index in [0.717, 1.165) is 0 Å². The van der Waals surface area contributed by atoms with Crippen LogP contribution in [0.3, 0.4) is 0 Å². The lowest BCUT2D eigenvalue weighted by Gasteiger charge is -1.59.